The first-order valence-corrected chi connectivity index (χ1v) is 9.32. The maximum Gasteiger partial charge on any atom is 0.0352 e. The fourth-order valence-electron chi connectivity index (χ4n) is 3.67. The first-order valence-electron chi connectivity index (χ1n) is 8.51. The Morgan fingerprint density at radius 1 is 1.12 bits per heavy atom. The summed E-state index contributed by atoms with van der Waals surface area (Å²) in [5.41, 5.74) is 10.1. The molecule has 2 heterocycles. The molecule has 0 radical (unpaired) electrons. The van der Waals surface area contributed by atoms with Crippen LogP contribution < -0.4 is 5.73 Å². The summed E-state index contributed by atoms with van der Waals surface area (Å²) in [5, 5.41) is 1.35. The van der Waals surface area contributed by atoms with Crippen LogP contribution in [0.1, 0.15) is 41.3 Å². The minimum atomic E-state index is -0.293. The van der Waals surface area contributed by atoms with E-state index in [0.717, 1.165) is 13.1 Å². The van der Waals surface area contributed by atoms with Gasteiger partial charge in [0.1, 0.15) is 0 Å². The van der Waals surface area contributed by atoms with Gasteiger partial charge in [0.15, 0.2) is 0 Å². The molecule has 124 valence electrons. The summed E-state index contributed by atoms with van der Waals surface area (Å²) in [4.78, 5) is 3.88. The Labute approximate surface area is 147 Å². The summed E-state index contributed by atoms with van der Waals surface area (Å²) in [6.45, 7) is 6.22. The lowest BCUT2D eigenvalue weighted by Crippen LogP contribution is -2.33. The standard InChI is InChI=1S/C21H24N2S/c1-21(2,22)16-8-9-17-15(10-16)12-23(3)13-18(17)20-11-14-6-4-5-7-19(14)24-20/h4-11,18H,12-13,22H2,1-3H3. The molecule has 1 atom stereocenters. The van der Waals surface area contributed by atoms with Gasteiger partial charge >= 0.3 is 0 Å². The van der Waals surface area contributed by atoms with E-state index in [1.54, 1.807) is 0 Å². The number of benzene rings is 2. The Kier molecular flexibility index (Phi) is 3.75. The van der Waals surface area contributed by atoms with Gasteiger partial charge in [-0.25, -0.2) is 0 Å². The SMILES string of the molecule is CN1Cc2cc(C(C)(C)N)ccc2C(c2cc3ccccc3s2)C1. The average Bonchev–Trinajstić information content (AvgIpc) is 2.96. The van der Waals surface area contributed by atoms with Crippen LogP contribution in [0.15, 0.2) is 48.5 Å². The molecule has 0 fully saturated rings. The molecule has 3 aromatic rings. The lowest BCUT2D eigenvalue weighted by Gasteiger charge is -2.33. The van der Waals surface area contributed by atoms with Crippen molar-refractivity contribution in [2.24, 2.45) is 5.73 Å². The number of thiophene rings is 1. The molecule has 2 nitrogen and oxygen atoms in total. The van der Waals surface area contributed by atoms with Gasteiger partial charge in [0.25, 0.3) is 0 Å². The molecule has 0 bridgehead atoms. The van der Waals surface area contributed by atoms with E-state index in [9.17, 15) is 0 Å². The number of rotatable bonds is 2. The van der Waals surface area contributed by atoms with E-state index in [1.165, 1.54) is 31.7 Å². The average molecular weight is 337 g/mol. The lowest BCUT2D eigenvalue weighted by atomic mass is 9.84. The van der Waals surface area contributed by atoms with Gasteiger partial charge < -0.3 is 10.6 Å². The normalized spacial score (nSPS) is 18.8. The van der Waals surface area contributed by atoms with Gasteiger partial charge in [-0.1, -0.05) is 36.4 Å². The van der Waals surface area contributed by atoms with Crippen molar-refractivity contribution in [1.82, 2.24) is 4.90 Å². The number of likely N-dealkylation sites (N-methyl/N-ethyl adjacent to an activating group) is 1. The minimum Gasteiger partial charge on any atom is -0.322 e. The maximum atomic E-state index is 6.31. The third-order valence-corrected chi connectivity index (χ3v) is 6.21. The van der Waals surface area contributed by atoms with E-state index in [4.69, 9.17) is 5.73 Å². The molecule has 0 aliphatic carbocycles. The zero-order valence-corrected chi connectivity index (χ0v) is 15.4. The van der Waals surface area contributed by atoms with Crippen molar-refractivity contribution >= 4 is 21.4 Å². The smallest absolute Gasteiger partial charge is 0.0352 e. The molecule has 0 saturated heterocycles. The predicted octanol–water partition coefficient (Wildman–Crippen LogP) is 4.67. The third-order valence-electron chi connectivity index (χ3n) is 4.98. The van der Waals surface area contributed by atoms with Gasteiger partial charge in [-0.15, -0.1) is 11.3 Å². The van der Waals surface area contributed by atoms with E-state index < -0.39 is 0 Å². The Hall–Kier alpha value is -1.68. The van der Waals surface area contributed by atoms with E-state index in [0.29, 0.717) is 5.92 Å². The molecule has 0 saturated carbocycles. The largest absolute Gasteiger partial charge is 0.322 e. The van der Waals surface area contributed by atoms with E-state index in [2.05, 4.69) is 74.3 Å². The number of fused-ring (bicyclic) bond motifs is 2. The second-order valence-electron chi connectivity index (χ2n) is 7.57. The summed E-state index contributed by atoms with van der Waals surface area (Å²) in [6, 6.07) is 17.9. The van der Waals surface area contributed by atoms with Gasteiger partial charge in [-0.3, -0.25) is 0 Å². The van der Waals surface area contributed by atoms with Crippen molar-refractivity contribution in [2.75, 3.05) is 13.6 Å². The summed E-state index contributed by atoms with van der Waals surface area (Å²) < 4.78 is 1.38. The first-order chi connectivity index (χ1) is 11.4. The van der Waals surface area contributed by atoms with E-state index >= 15 is 0 Å². The minimum absolute atomic E-state index is 0.293. The van der Waals surface area contributed by atoms with Gasteiger partial charge in [0.2, 0.25) is 0 Å². The van der Waals surface area contributed by atoms with Crippen LogP contribution in [0.25, 0.3) is 10.1 Å². The van der Waals surface area contributed by atoms with Crippen LogP contribution >= 0.6 is 11.3 Å². The van der Waals surface area contributed by atoms with Crippen molar-refractivity contribution < 1.29 is 0 Å². The van der Waals surface area contributed by atoms with E-state index in [1.807, 2.05) is 11.3 Å². The van der Waals surface area contributed by atoms with Crippen LogP contribution in [0.3, 0.4) is 0 Å². The van der Waals surface area contributed by atoms with Gasteiger partial charge in [-0.2, -0.15) is 0 Å². The van der Waals surface area contributed by atoms with Gasteiger partial charge in [0, 0.05) is 34.1 Å². The quantitative estimate of drug-likeness (QED) is 0.737. The van der Waals surface area contributed by atoms with Crippen LogP contribution in [-0.2, 0) is 12.1 Å². The van der Waals surface area contributed by atoms with Crippen LogP contribution in [-0.4, -0.2) is 18.5 Å². The molecule has 3 heteroatoms. The zero-order valence-electron chi connectivity index (χ0n) is 14.5. The monoisotopic (exact) mass is 336 g/mol. The summed E-state index contributed by atoms with van der Waals surface area (Å²) in [5.74, 6) is 0.450. The molecule has 1 unspecified atom stereocenters. The Morgan fingerprint density at radius 2 is 1.92 bits per heavy atom. The zero-order chi connectivity index (χ0) is 16.9. The molecular weight excluding hydrogens is 312 g/mol. The molecule has 2 aromatic carbocycles. The predicted molar refractivity (Wildman–Crippen MR) is 104 cm³/mol. The molecule has 0 amide bonds. The summed E-state index contributed by atoms with van der Waals surface area (Å²) in [6.07, 6.45) is 0. The first kappa shape index (κ1) is 15.8. The van der Waals surface area contributed by atoms with Crippen LogP contribution in [0.2, 0.25) is 0 Å². The summed E-state index contributed by atoms with van der Waals surface area (Å²) >= 11 is 1.93. The molecular formula is C21H24N2S. The van der Waals surface area contributed by atoms with Gasteiger partial charge in [-0.05, 0) is 55.1 Å². The molecule has 2 N–H and O–H groups in total. The van der Waals surface area contributed by atoms with Crippen LogP contribution in [0, 0.1) is 0 Å². The molecule has 1 aromatic heterocycles. The number of nitrogens with zero attached hydrogens (tertiary/aromatic N) is 1. The fourth-order valence-corrected chi connectivity index (χ4v) is 4.84. The van der Waals surface area contributed by atoms with Crippen LogP contribution in [0.4, 0.5) is 0 Å². The van der Waals surface area contributed by atoms with Crippen molar-refractivity contribution in [1.29, 1.82) is 0 Å². The van der Waals surface area contributed by atoms with Crippen molar-refractivity contribution in [3.8, 4) is 0 Å². The van der Waals surface area contributed by atoms with Crippen molar-refractivity contribution in [3.63, 3.8) is 0 Å². The number of nitrogens with two attached hydrogens (primary N) is 1. The second kappa shape index (κ2) is 5.69. The Bertz CT molecular complexity index is 855. The van der Waals surface area contributed by atoms with Crippen molar-refractivity contribution in [3.05, 3.63) is 70.1 Å². The summed E-state index contributed by atoms with van der Waals surface area (Å²) in [7, 11) is 2.21. The fraction of sp³-hybridized carbons (Fsp3) is 0.333. The topological polar surface area (TPSA) is 29.3 Å². The van der Waals surface area contributed by atoms with E-state index in [-0.39, 0.29) is 5.54 Å². The third kappa shape index (κ3) is 2.77. The second-order valence-corrected chi connectivity index (χ2v) is 8.69. The molecule has 0 spiro atoms. The highest BCUT2D eigenvalue weighted by molar-refractivity contribution is 7.19. The highest BCUT2D eigenvalue weighted by Crippen LogP contribution is 2.39. The number of hydrogen-bond donors (Lipinski definition) is 1. The van der Waals surface area contributed by atoms with Crippen LogP contribution in [0.5, 0.6) is 0 Å². The Balaban J connectivity index is 1.81. The molecule has 1 aliphatic rings. The molecule has 4 rings (SSSR count). The number of hydrogen-bond acceptors (Lipinski definition) is 3. The highest BCUT2D eigenvalue weighted by atomic mass is 32.1. The molecule has 24 heavy (non-hydrogen) atoms. The highest BCUT2D eigenvalue weighted by Gasteiger charge is 2.27. The van der Waals surface area contributed by atoms with Gasteiger partial charge in [0.05, 0.1) is 0 Å². The maximum absolute atomic E-state index is 6.31. The van der Waals surface area contributed by atoms with Crippen molar-refractivity contribution in [2.45, 2.75) is 31.8 Å². The molecule has 1 aliphatic heterocycles. The lowest BCUT2D eigenvalue weighted by molar-refractivity contribution is 0.296. The Morgan fingerprint density at radius 3 is 2.67 bits per heavy atom.